The highest BCUT2D eigenvalue weighted by Crippen LogP contribution is 2.36. The van der Waals surface area contributed by atoms with Crippen LogP contribution in [-0.2, 0) is 14.3 Å². The van der Waals surface area contributed by atoms with Gasteiger partial charge in [0.1, 0.15) is 0 Å². The molecule has 2 rings (SSSR count). The number of piperidine rings is 1. The lowest BCUT2D eigenvalue weighted by atomic mass is 9.76. The number of carboxylic acids is 1. The summed E-state index contributed by atoms with van der Waals surface area (Å²) in [5.74, 6) is -0.820. The molecule has 2 aliphatic rings. The molecule has 6 heteroatoms. The second-order valence-electron chi connectivity index (χ2n) is 6.29. The van der Waals surface area contributed by atoms with E-state index < -0.39 is 16.8 Å². The summed E-state index contributed by atoms with van der Waals surface area (Å²) in [5.41, 5.74) is 4.45. The zero-order valence-electron chi connectivity index (χ0n) is 12.1. The molecule has 1 unspecified atom stereocenters. The van der Waals surface area contributed by atoms with Crippen LogP contribution >= 0.6 is 0 Å². The average Bonchev–Trinajstić information content (AvgIpc) is 2.47. The molecule has 0 radical (unpaired) electrons. The van der Waals surface area contributed by atoms with E-state index in [1.807, 2.05) is 0 Å². The third-order valence-corrected chi connectivity index (χ3v) is 4.79. The summed E-state index contributed by atoms with van der Waals surface area (Å²) >= 11 is 0. The van der Waals surface area contributed by atoms with Crippen LogP contribution in [0, 0.1) is 10.8 Å². The van der Waals surface area contributed by atoms with Crippen molar-refractivity contribution in [1.29, 1.82) is 0 Å². The van der Waals surface area contributed by atoms with E-state index in [2.05, 4.69) is 0 Å². The molecule has 114 valence electrons. The van der Waals surface area contributed by atoms with Crippen LogP contribution in [0.5, 0.6) is 0 Å². The van der Waals surface area contributed by atoms with Crippen LogP contribution in [0.3, 0.4) is 0 Å². The van der Waals surface area contributed by atoms with Crippen LogP contribution in [0.2, 0.25) is 0 Å². The van der Waals surface area contributed by atoms with Gasteiger partial charge in [-0.25, -0.2) is 0 Å². The summed E-state index contributed by atoms with van der Waals surface area (Å²) in [4.78, 5) is 25.9. The Hall–Kier alpha value is -1.14. The second kappa shape index (κ2) is 5.69. The molecule has 0 bridgehead atoms. The molecule has 3 N–H and O–H groups in total. The van der Waals surface area contributed by atoms with Crippen LogP contribution in [0.15, 0.2) is 0 Å². The van der Waals surface area contributed by atoms with Crippen LogP contribution in [0.4, 0.5) is 0 Å². The number of amides is 1. The fourth-order valence-electron chi connectivity index (χ4n) is 3.19. The topological polar surface area (TPSA) is 92.9 Å². The van der Waals surface area contributed by atoms with Gasteiger partial charge in [-0.3, -0.25) is 9.59 Å². The monoisotopic (exact) mass is 284 g/mol. The molecule has 0 aromatic carbocycles. The summed E-state index contributed by atoms with van der Waals surface area (Å²) in [5, 5.41) is 9.35. The highest BCUT2D eigenvalue weighted by molar-refractivity contribution is 5.84. The summed E-state index contributed by atoms with van der Waals surface area (Å²) in [6.45, 7) is 4.03. The lowest BCUT2D eigenvalue weighted by molar-refractivity contribution is -0.158. The van der Waals surface area contributed by atoms with Gasteiger partial charge in [0.25, 0.3) is 0 Å². The number of nitrogens with two attached hydrogens (primary N) is 1. The number of carbonyl (C=O) groups is 2. The molecule has 2 heterocycles. The fraction of sp³-hybridized carbons (Fsp3) is 0.857. The van der Waals surface area contributed by atoms with E-state index in [0.717, 1.165) is 6.42 Å². The molecule has 0 aliphatic carbocycles. The molecule has 0 saturated carbocycles. The van der Waals surface area contributed by atoms with Crippen LogP contribution < -0.4 is 5.73 Å². The van der Waals surface area contributed by atoms with Crippen molar-refractivity contribution in [3.8, 4) is 0 Å². The molecule has 0 spiro atoms. The third-order valence-electron chi connectivity index (χ3n) is 4.79. The van der Waals surface area contributed by atoms with Gasteiger partial charge >= 0.3 is 5.97 Å². The van der Waals surface area contributed by atoms with E-state index in [1.165, 1.54) is 0 Å². The van der Waals surface area contributed by atoms with Crippen molar-refractivity contribution < 1.29 is 19.4 Å². The van der Waals surface area contributed by atoms with E-state index >= 15 is 0 Å². The first-order valence-corrected chi connectivity index (χ1v) is 7.24. The molecule has 2 aliphatic heterocycles. The molecular formula is C14H24N2O4. The molecule has 2 saturated heterocycles. The van der Waals surface area contributed by atoms with Crippen molar-refractivity contribution in [3.63, 3.8) is 0 Å². The van der Waals surface area contributed by atoms with Crippen molar-refractivity contribution in [3.05, 3.63) is 0 Å². The van der Waals surface area contributed by atoms with Gasteiger partial charge in [-0.2, -0.15) is 0 Å². The Balaban J connectivity index is 2.13. The van der Waals surface area contributed by atoms with Crippen LogP contribution in [-0.4, -0.2) is 54.7 Å². The molecule has 6 nitrogen and oxygen atoms in total. The maximum atomic E-state index is 12.8. The molecule has 20 heavy (non-hydrogen) atoms. The number of carbonyl (C=O) groups excluding carboxylic acids is 1. The third kappa shape index (κ3) is 2.67. The lowest BCUT2D eigenvalue weighted by Crippen LogP contribution is -2.56. The lowest BCUT2D eigenvalue weighted by Gasteiger charge is -2.43. The molecule has 0 aromatic heterocycles. The second-order valence-corrected chi connectivity index (χ2v) is 6.29. The number of hydrogen-bond acceptors (Lipinski definition) is 4. The van der Waals surface area contributed by atoms with Gasteiger partial charge in [0.05, 0.1) is 10.8 Å². The minimum absolute atomic E-state index is 0.00970. The predicted molar refractivity (Wildman–Crippen MR) is 73.1 cm³/mol. The summed E-state index contributed by atoms with van der Waals surface area (Å²) < 4.78 is 5.32. The van der Waals surface area contributed by atoms with Gasteiger partial charge in [0, 0.05) is 32.8 Å². The Labute approximate surface area is 119 Å². The summed E-state index contributed by atoms with van der Waals surface area (Å²) in [6.07, 6.45) is 2.60. The standard InChI is InChI=1S/C14H24N2O4/c1-13(12(18)19)3-2-6-16(10-13)11(17)14(9-15)4-7-20-8-5-14/h2-10,15H2,1H3,(H,18,19). The predicted octanol–water partition coefficient (Wildman–Crippen LogP) is 0.455. The van der Waals surface area contributed by atoms with E-state index in [1.54, 1.807) is 11.8 Å². The number of ether oxygens (including phenoxy) is 1. The first kappa shape index (κ1) is 15.3. The SMILES string of the molecule is CC1(C(=O)O)CCCN(C(=O)C2(CN)CCOCC2)C1. The molecule has 2 fully saturated rings. The van der Waals surface area contributed by atoms with Gasteiger partial charge < -0.3 is 20.5 Å². The first-order valence-electron chi connectivity index (χ1n) is 7.24. The van der Waals surface area contributed by atoms with Crippen molar-refractivity contribution in [2.45, 2.75) is 32.6 Å². The number of hydrogen-bond donors (Lipinski definition) is 2. The number of carboxylic acid groups (broad SMARTS) is 1. The Bertz CT molecular complexity index is 393. The van der Waals surface area contributed by atoms with Crippen molar-refractivity contribution in [2.24, 2.45) is 16.6 Å². The highest BCUT2D eigenvalue weighted by Gasteiger charge is 2.46. The van der Waals surface area contributed by atoms with E-state index in [0.29, 0.717) is 45.6 Å². The minimum atomic E-state index is -0.838. The maximum absolute atomic E-state index is 12.8. The summed E-state index contributed by atoms with van der Waals surface area (Å²) in [7, 11) is 0. The maximum Gasteiger partial charge on any atom is 0.311 e. The quantitative estimate of drug-likeness (QED) is 0.785. The van der Waals surface area contributed by atoms with Crippen molar-refractivity contribution in [1.82, 2.24) is 4.90 Å². The molecule has 1 amide bonds. The van der Waals surface area contributed by atoms with Gasteiger partial charge in [0.2, 0.25) is 5.91 Å². The summed E-state index contributed by atoms with van der Waals surface area (Å²) in [6, 6.07) is 0. The number of aliphatic carboxylic acids is 1. The Kier molecular flexibility index (Phi) is 4.34. The zero-order chi connectivity index (χ0) is 14.8. The van der Waals surface area contributed by atoms with Crippen molar-refractivity contribution in [2.75, 3.05) is 32.8 Å². The van der Waals surface area contributed by atoms with Gasteiger partial charge in [0.15, 0.2) is 0 Å². The van der Waals surface area contributed by atoms with Gasteiger partial charge in [-0.15, -0.1) is 0 Å². The average molecular weight is 284 g/mol. The normalized spacial score (nSPS) is 30.0. The minimum Gasteiger partial charge on any atom is -0.481 e. The first-order chi connectivity index (χ1) is 9.43. The van der Waals surface area contributed by atoms with E-state index in [4.69, 9.17) is 10.5 Å². The highest BCUT2D eigenvalue weighted by atomic mass is 16.5. The number of rotatable bonds is 3. The molecular weight excluding hydrogens is 260 g/mol. The van der Waals surface area contributed by atoms with Gasteiger partial charge in [-0.05, 0) is 32.6 Å². The Morgan fingerprint density at radius 3 is 2.50 bits per heavy atom. The Morgan fingerprint density at radius 2 is 1.95 bits per heavy atom. The van der Waals surface area contributed by atoms with Crippen LogP contribution in [0.1, 0.15) is 32.6 Å². The number of likely N-dealkylation sites (tertiary alicyclic amines) is 1. The fourth-order valence-corrected chi connectivity index (χ4v) is 3.19. The molecule has 0 aromatic rings. The molecule has 1 atom stereocenters. The van der Waals surface area contributed by atoms with E-state index in [9.17, 15) is 14.7 Å². The Morgan fingerprint density at radius 1 is 1.30 bits per heavy atom. The number of nitrogens with zero attached hydrogens (tertiary/aromatic N) is 1. The largest absolute Gasteiger partial charge is 0.481 e. The van der Waals surface area contributed by atoms with Crippen LogP contribution in [0.25, 0.3) is 0 Å². The van der Waals surface area contributed by atoms with E-state index in [-0.39, 0.29) is 12.5 Å². The smallest absolute Gasteiger partial charge is 0.311 e. The van der Waals surface area contributed by atoms with Gasteiger partial charge in [-0.1, -0.05) is 0 Å². The van der Waals surface area contributed by atoms with Crippen molar-refractivity contribution >= 4 is 11.9 Å². The zero-order valence-corrected chi connectivity index (χ0v) is 12.1.